The van der Waals surface area contributed by atoms with Crippen LogP contribution in [0.5, 0.6) is 5.75 Å². The molecule has 2 N–H and O–H groups in total. The zero-order chi connectivity index (χ0) is 14.7. The Hall–Kier alpha value is -1.57. The molecule has 1 aromatic carbocycles. The van der Waals surface area contributed by atoms with E-state index in [1.807, 2.05) is 24.3 Å². The number of methoxy groups -OCH3 is 1. The first-order valence-corrected chi connectivity index (χ1v) is 7.70. The molecule has 6 nitrogen and oxygen atoms in total. The summed E-state index contributed by atoms with van der Waals surface area (Å²) < 4.78 is 16.2. The van der Waals surface area contributed by atoms with Crippen LogP contribution in [0, 0.1) is 0 Å². The van der Waals surface area contributed by atoms with Gasteiger partial charge in [0.1, 0.15) is 5.75 Å². The number of hydrogen-bond donors (Lipinski definition) is 1. The van der Waals surface area contributed by atoms with Gasteiger partial charge in [0.05, 0.1) is 6.61 Å². The number of hydrogen-bond acceptors (Lipinski definition) is 7. The lowest BCUT2D eigenvalue weighted by Gasteiger charge is -2.22. The van der Waals surface area contributed by atoms with Gasteiger partial charge >= 0.3 is 0 Å². The van der Waals surface area contributed by atoms with Crippen molar-refractivity contribution in [3.63, 3.8) is 0 Å². The highest BCUT2D eigenvalue weighted by Crippen LogP contribution is 2.39. The maximum atomic E-state index is 5.92. The van der Waals surface area contributed by atoms with Gasteiger partial charge in [0.25, 0.3) is 0 Å². The molecule has 2 heterocycles. The SMILES string of the molecule is COCC(N)Cc1nc(C2CSc3ccccc3O2)no1. The van der Waals surface area contributed by atoms with Crippen molar-refractivity contribution in [2.45, 2.75) is 23.5 Å². The first-order chi connectivity index (χ1) is 10.3. The van der Waals surface area contributed by atoms with Crippen molar-refractivity contribution in [1.82, 2.24) is 10.1 Å². The molecule has 0 saturated carbocycles. The summed E-state index contributed by atoms with van der Waals surface area (Å²) in [6.45, 7) is 0.459. The third-order valence-electron chi connectivity index (χ3n) is 3.10. The average Bonchev–Trinajstić information content (AvgIpc) is 2.95. The molecule has 1 aromatic heterocycles. The van der Waals surface area contributed by atoms with Crippen LogP contribution in [0.2, 0.25) is 0 Å². The van der Waals surface area contributed by atoms with Crippen LogP contribution in [0.3, 0.4) is 0 Å². The zero-order valence-electron chi connectivity index (χ0n) is 11.7. The molecular formula is C14H17N3O3S. The summed E-state index contributed by atoms with van der Waals surface area (Å²) >= 11 is 1.73. The first-order valence-electron chi connectivity index (χ1n) is 6.71. The highest BCUT2D eigenvalue weighted by molar-refractivity contribution is 7.99. The third-order valence-corrected chi connectivity index (χ3v) is 4.22. The van der Waals surface area contributed by atoms with Crippen LogP contribution in [0.25, 0.3) is 0 Å². The number of thioether (sulfide) groups is 1. The monoisotopic (exact) mass is 307 g/mol. The number of benzene rings is 1. The Morgan fingerprint density at radius 2 is 2.33 bits per heavy atom. The number of nitrogens with two attached hydrogens (primary N) is 1. The fourth-order valence-corrected chi connectivity index (χ4v) is 3.11. The van der Waals surface area contributed by atoms with Gasteiger partial charge in [0.2, 0.25) is 11.7 Å². The van der Waals surface area contributed by atoms with Gasteiger partial charge in [0, 0.05) is 30.2 Å². The van der Waals surface area contributed by atoms with E-state index in [0.717, 1.165) is 16.4 Å². The summed E-state index contributed by atoms with van der Waals surface area (Å²) in [5.41, 5.74) is 5.88. The molecule has 7 heteroatoms. The van der Waals surface area contributed by atoms with Gasteiger partial charge < -0.3 is 19.7 Å². The molecule has 2 unspecified atom stereocenters. The molecule has 0 fully saturated rings. The Morgan fingerprint density at radius 3 is 3.19 bits per heavy atom. The van der Waals surface area contributed by atoms with Crippen molar-refractivity contribution in [3.05, 3.63) is 36.0 Å². The number of nitrogens with zero attached hydrogens (tertiary/aromatic N) is 2. The van der Waals surface area contributed by atoms with E-state index in [-0.39, 0.29) is 12.1 Å². The van der Waals surface area contributed by atoms with E-state index in [1.54, 1.807) is 18.9 Å². The Morgan fingerprint density at radius 1 is 1.48 bits per heavy atom. The van der Waals surface area contributed by atoms with E-state index in [1.165, 1.54) is 0 Å². The molecule has 2 aromatic rings. The molecular weight excluding hydrogens is 290 g/mol. The van der Waals surface area contributed by atoms with E-state index in [9.17, 15) is 0 Å². The Labute approximate surface area is 127 Å². The van der Waals surface area contributed by atoms with Gasteiger partial charge in [-0.2, -0.15) is 4.98 Å². The third kappa shape index (κ3) is 3.37. The summed E-state index contributed by atoms with van der Waals surface area (Å²) in [5, 5.41) is 4.01. The van der Waals surface area contributed by atoms with E-state index >= 15 is 0 Å². The molecule has 0 spiro atoms. The largest absolute Gasteiger partial charge is 0.480 e. The molecule has 21 heavy (non-hydrogen) atoms. The van der Waals surface area contributed by atoms with Crippen molar-refractivity contribution < 1.29 is 14.0 Å². The molecule has 0 saturated heterocycles. The number of ether oxygens (including phenoxy) is 2. The van der Waals surface area contributed by atoms with Gasteiger partial charge in [-0.1, -0.05) is 17.3 Å². The van der Waals surface area contributed by atoms with E-state index < -0.39 is 0 Å². The second-order valence-electron chi connectivity index (χ2n) is 4.83. The number of para-hydroxylation sites is 1. The van der Waals surface area contributed by atoms with E-state index in [2.05, 4.69) is 10.1 Å². The maximum Gasteiger partial charge on any atom is 0.228 e. The molecule has 1 aliphatic rings. The predicted molar refractivity (Wildman–Crippen MR) is 78.4 cm³/mol. The number of aromatic nitrogens is 2. The van der Waals surface area contributed by atoms with Crippen LogP contribution < -0.4 is 10.5 Å². The Bertz CT molecular complexity index is 605. The zero-order valence-corrected chi connectivity index (χ0v) is 12.5. The van der Waals surface area contributed by atoms with Crippen molar-refractivity contribution >= 4 is 11.8 Å². The highest BCUT2D eigenvalue weighted by Gasteiger charge is 2.26. The van der Waals surface area contributed by atoms with Crippen molar-refractivity contribution in [2.75, 3.05) is 19.5 Å². The molecule has 0 amide bonds. The topological polar surface area (TPSA) is 83.4 Å². The smallest absolute Gasteiger partial charge is 0.228 e. The summed E-state index contributed by atoms with van der Waals surface area (Å²) in [6, 6.07) is 7.79. The number of rotatable bonds is 5. The van der Waals surface area contributed by atoms with Crippen LogP contribution in [-0.2, 0) is 11.2 Å². The minimum absolute atomic E-state index is 0.148. The van der Waals surface area contributed by atoms with E-state index in [0.29, 0.717) is 24.7 Å². The first kappa shape index (κ1) is 14.4. The molecule has 1 aliphatic heterocycles. The minimum atomic E-state index is -0.193. The number of fused-ring (bicyclic) bond motifs is 1. The molecule has 0 radical (unpaired) electrons. The maximum absolute atomic E-state index is 5.92. The lowest BCUT2D eigenvalue weighted by Crippen LogP contribution is -2.28. The standard InChI is InChI=1S/C14H17N3O3S/c1-18-7-9(15)6-13-16-14(17-20-13)11-8-21-12-5-3-2-4-10(12)19-11/h2-5,9,11H,6-8,15H2,1H3. The summed E-state index contributed by atoms with van der Waals surface area (Å²) in [7, 11) is 1.61. The minimum Gasteiger partial charge on any atom is -0.480 e. The highest BCUT2D eigenvalue weighted by atomic mass is 32.2. The second-order valence-corrected chi connectivity index (χ2v) is 5.89. The summed E-state index contributed by atoms with van der Waals surface area (Å²) in [5.74, 6) is 2.71. The summed E-state index contributed by atoms with van der Waals surface area (Å²) in [4.78, 5) is 5.52. The fraction of sp³-hybridized carbons (Fsp3) is 0.429. The predicted octanol–water partition coefficient (Wildman–Crippen LogP) is 1.81. The lowest BCUT2D eigenvalue weighted by molar-refractivity contribution is 0.176. The normalized spacial score (nSPS) is 18.9. The van der Waals surface area contributed by atoms with Gasteiger partial charge in [-0.05, 0) is 12.1 Å². The Kier molecular flexibility index (Phi) is 4.42. The Balaban J connectivity index is 1.67. The van der Waals surface area contributed by atoms with Crippen LogP contribution in [0.4, 0.5) is 0 Å². The van der Waals surface area contributed by atoms with Crippen molar-refractivity contribution in [2.24, 2.45) is 5.73 Å². The lowest BCUT2D eigenvalue weighted by atomic mass is 10.2. The molecule has 2 atom stereocenters. The fourth-order valence-electron chi connectivity index (χ4n) is 2.13. The molecule has 3 rings (SSSR count). The van der Waals surface area contributed by atoms with Crippen LogP contribution in [0.1, 0.15) is 17.8 Å². The van der Waals surface area contributed by atoms with Crippen molar-refractivity contribution in [1.29, 1.82) is 0 Å². The quantitative estimate of drug-likeness (QED) is 0.901. The van der Waals surface area contributed by atoms with E-state index in [4.69, 9.17) is 19.7 Å². The molecule has 112 valence electrons. The molecule has 0 bridgehead atoms. The van der Waals surface area contributed by atoms with Crippen LogP contribution in [-0.4, -0.2) is 35.7 Å². The van der Waals surface area contributed by atoms with Gasteiger partial charge in [-0.3, -0.25) is 0 Å². The van der Waals surface area contributed by atoms with Crippen LogP contribution >= 0.6 is 11.8 Å². The molecule has 0 aliphatic carbocycles. The van der Waals surface area contributed by atoms with Crippen molar-refractivity contribution in [3.8, 4) is 5.75 Å². The van der Waals surface area contributed by atoms with Gasteiger partial charge in [-0.25, -0.2) is 0 Å². The van der Waals surface area contributed by atoms with Crippen LogP contribution in [0.15, 0.2) is 33.7 Å². The van der Waals surface area contributed by atoms with Gasteiger partial charge in [0.15, 0.2) is 6.10 Å². The summed E-state index contributed by atoms with van der Waals surface area (Å²) in [6.07, 6.45) is 0.304. The average molecular weight is 307 g/mol. The van der Waals surface area contributed by atoms with Gasteiger partial charge in [-0.15, -0.1) is 11.8 Å². The second kappa shape index (κ2) is 6.46.